The smallest absolute Gasteiger partial charge is 0.306 e. The number of nitrogens with zero attached hydrogens (tertiary/aromatic N) is 1. The van der Waals surface area contributed by atoms with Gasteiger partial charge in [0.2, 0.25) is 5.91 Å². The fourth-order valence-electron chi connectivity index (χ4n) is 3.43. The van der Waals surface area contributed by atoms with Gasteiger partial charge in [0.1, 0.15) is 5.82 Å². The number of anilines is 1. The third-order valence-corrected chi connectivity index (χ3v) is 4.83. The SMILES string of the molecule is CC1CN(C(=O)c2cc3c(cc2F)NC(=O)CC3)CCC1C(=O)O. The first-order valence-corrected chi connectivity index (χ1v) is 8.01. The first-order valence-electron chi connectivity index (χ1n) is 8.01. The number of carbonyl (C=O) groups excluding carboxylic acids is 2. The number of benzene rings is 1. The topological polar surface area (TPSA) is 86.7 Å². The van der Waals surface area contributed by atoms with E-state index in [0.29, 0.717) is 38.0 Å². The number of nitrogens with one attached hydrogen (secondary N) is 1. The van der Waals surface area contributed by atoms with Gasteiger partial charge in [-0.1, -0.05) is 6.92 Å². The van der Waals surface area contributed by atoms with Crippen molar-refractivity contribution in [3.63, 3.8) is 0 Å². The van der Waals surface area contributed by atoms with Gasteiger partial charge in [-0.25, -0.2) is 4.39 Å². The highest BCUT2D eigenvalue weighted by atomic mass is 19.1. The Labute approximate surface area is 138 Å². The molecule has 2 atom stereocenters. The number of aryl methyl sites for hydroxylation is 1. The molecule has 6 nitrogen and oxygen atoms in total. The minimum atomic E-state index is -0.856. The Morgan fingerprint density at radius 3 is 2.75 bits per heavy atom. The average molecular weight is 334 g/mol. The zero-order valence-electron chi connectivity index (χ0n) is 13.3. The van der Waals surface area contributed by atoms with E-state index in [4.69, 9.17) is 5.11 Å². The fourth-order valence-corrected chi connectivity index (χ4v) is 3.43. The standard InChI is InChI=1S/C17H19FN2O4/c1-9-8-20(5-4-11(9)17(23)24)16(22)12-6-10-2-3-15(21)19-14(10)7-13(12)18/h6-7,9,11H,2-5,8H2,1H3,(H,19,21)(H,23,24). The number of aliphatic carboxylic acids is 1. The molecular weight excluding hydrogens is 315 g/mol. The lowest BCUT2D eigenvalue weighted by molar-refractivity contribution is -0.145. The van der Waals surface area contributed by atoms with Crippen LogP contribution in [0.1, 0.15) is 35.7 Å². The van der Waals surface area contributed by atoms with Crippen LogP contribution in [0, 0.1) is 17.7 Å². The van der Waals surface area contributed by atoms with Crippen LogP contribution < -0.4 is 5.32 Å². The van der Waals surface area contributed by atoms with Crippen molar-refractivity contribution in [2.45, 2.75) is 26.2 Å². The molecule has 128 valence electrons. The van der Waals surface area contributed by atoms with Gasteiger partial charge < -0.3 is 15.3 Å². The number of hydrogen-bond donors (Lipinski definition) is 2. The van der Waals surface area contributed by atoms with E-state index < -0.39 is 23.6 Å². The highest BCUT2D eigenvalue weighted by Gasteiger charge is 2.34. The molecule has 2 unspecified atom stereocenters. The van der Waals surface area contributed by atoms with E-state index in [1.54, 1.807) is 6.92 Å². The van der Waals surface area contributed by atoms with Crippen LogP contribution in [0.25, 0.3) is 0 Å². The predicted octanol–water partition coefficient (Wildman–Crippen LogP) is 1.89. The average Bonchev–Trinajstić information content (AvgIpc) is 2.53. The van der Waals surface area contributed by atoms with Gasteiger partial charge in [-0.3, -0.25) is 14.4 Å². The minimum absolute atomic E-state index is 0.0223. The largest absolute Gasteiger partial charge is 0.481 e. The summed E-state index contributed by atoms with van der Waals surface area (Å²) in [5.41, 5.74) is 1.14. The molecule has 0 saturated carbocycles. The second-order valence-electron chi connectivity index (χ2n) is 6.50. The quantitative estimate of drug-likeness (QED) is 0.865. The summed E-state index contributed by atoms with van der Waals surface area (Å²) in [5, 5.41) is 11.8. The number of fused-ring (bicyclic) bond motifs is 1. The van der Waals surface area contributed by atoms with E-state index >= 15 is 0 Å². The molecule has 24 heavy (non-hydrogen) atoms. The fraction of sp³-hybridized carbons (Fsp3) is 0.471. The number of piperidine rings is 1. The van der Waals surface area contributed by atoms with Crippen molar-refractivity contribution >= 4 is 23.5 Å². The third kappa shape index (κ3) is 2.98. The molecule has 0 radical (unpaired) electrons. The number of likely N-dealkylation sites (tertiary alicyclic amines) is 1. The third-order valence-electron chi connectivity index (χ3n) is 4.83. The van der Waals surface area contributed by atoms with Crippen molar-refractivity contribution < 1.29 is 23.9 Å². The lowest BCUT2D eigenvalue weighted by Gasteiger charge is -2.35. The molecule has 2 amide bonds. The van der Waals surface area contributed by atoms with E-state index in [2.05, 4.69) is 5.32 Å². The van der Waals surface area contributed by atoms with Gasteiger partial charge in [-0.15, -0.1) is 0 Å². The van der Waals surface area contributed by atoms with E-state index in [1.807, 2.05) is 0 Å². The number of carboxylic acids is 1. The van der Waals surface area contributed by atoms with Gasteiger partial charge in [0, 0.05) is 25.2 Å². The number of halogens is 1. The van der Waals surface area contributed by atoms with Crippen LogP contribution in [-0.2, 0) is 16.0 Å². The van der Waals surface area contributed by atoms with Crippen molar-refractivity contribution in [2.24, 2.45) is 11.8 Å². The van der Waals surface area contributed by atoms with Crippen molar-refractivity contribution in [3.8, 4) is 0 Å². The minimum Gasteiger partial charge on any atom is -0.481 e. The Morgan fingerprint density at radius 2 is 2.08 bits per heavy atom. The monoisotopic (exact) mass is 334 g/mol. The van der Waals surface area contributed by atoms with E-state index in [1.165, 1.54) is 17.0 Å². The first-order chi connectivity index (χ1) is 11.4. The number of carboxylic acid groups (broad SMARTS) is 1. The highest BCUT2D eigenvalue weighted by Crippen LogP contribution is 2.29. The predicted molar refractivity (Wildman–Crippen MR) is 84.2 cm³/mol. The lowest BCUT2D eigenvalue weighted by Crippen LogP contribution is -2.45. The van der Waals surface area contributed by atoms with Gasteiger partial charge in [-0.2, -0.15) is 0 Å². The van der Waals surface area contributed by atoms with Crippen LogP contribution in [0.3, 0.4) is 0 Å². The Hall–Kier alpha value is -2.44. The summed E-state index contributed by atoms with van der Waals surface area (Å²) < 4.78 is 14.3. The molecule has 2 aliphatic rings. The van der Waals surface area contributed by atoms with Crippen molar-refractivity contribution in [1.82, 2.24) is 4.90 Å². The Kier molecular flexibility index (Phi) is 4.26. The molecule has 2 aliphatic heterocycles. The summed E-state index contributed by atoms with van der Waals surface area (Å²) in [7, 11) is 0. The summed E-state index contributed by atoms with van der Waals surface area (Å²) in [6, 6.07) is 2.69. The van der Waals surface area contributed by atoms with Crippen LogP contribution in [-0.4, -0.2) is 40.9 Å². The van der Waals surface area contributed by atoms with Gasteiger partial charge in [0.25, 0.3) is 5.91 Å². The molecule has 1 saturated heterocycles. The van der Waals surface area contributed by atoms with E-state index in [0.717, 1.165) is 5.56 Å². The molecule has 0 aliphatic carbocycles. The maximum atomic E-state index is 14.3. The van der Waals surface area contributed by atoms with Crippen molar-refractivity contribution in [3.05, 3.63) is 29.1 Å². The summed E-state index contributed by atoms with van der Waals surface area (Å²) in [6.07, 6.45) is 1.15. The van der Waals surface area contributed by atoms with Crippen LogP contribution in [0.2, 0.25) is 0 Å². The molecule has 0 aromatic heterocycles. The van der Waals surface area contributed by atoms with Gasteiger partial charge in [0.05, 0.1) is 11.5 Å². The van der Waals surface area contributed by atoms with Crippen LogP contribution >= 0.6 is 0 Å². The highest BCUT2D eigenvalue weighted by molar-refractivity contribution is 5.98. The zero-order valence-corrected chi connectivity index (χ0v) is 13.3. The van der Waals surface area contributed by atoms with Crippen molar-refractivity contribution in [1.29, 1.82) is 0 Å². The molecule has 2 N–H and O–H groups in total. The lowest BCUT2D eigenvalue weighted by atomic mass is 9.86. The molecule has 1 fully saturated rings. The second-order valence-corrected chi connectivity index (χ2v) is 6.50. The van der Waals surface area contributed by atoms with Crippen LogP contribution in [0.15, 0.2) is 12.1 Å². The Morgan fingerprint density at radius 1 is 1.33 bits per heavy atom. The number of hydrogen-bond acceptors (Lipinski definition) is 3. The van der Waals surface area contributed by atoms with Gasteiger partial charge >= 0.3 is 5.97 Å². The number of rotatable bonds is 2. The van der Waals surface area contributed by atoms with Crippen molar-refractivity contribution in [2.75, 3.05) is 18.4 Å². The summed E-state index contributed by atoms with van der Waals surface area (Å²) >= 11 is 0. The summed E-state index contributed by atoms with van der Waals surface area (Å²) in [4.78, 5) is 36.7. The Balaban J connectivity index is 1.81. The van der Waals surface area contributed by atoms with E-state index in [-0.39, 0.29) is 17.4 Å². The molecule has 1 aromatic carbocycles. The van der Waals surface area contributed by atoms with E-state index in [9.17, 15) is 18.8 Å². The molecule has 2 heterocycles. The molecular formula is C17H19FN2O4. The normalized spacial score (nSPS) is 23.4. The zero-order chi connectivity index (χ0) is 17.4. The molecule has 7 heteroatoms. The maximum Gasteiger partial charge on any atom is 0.306 e. The Bertz CT molecular complexity index is 719. The number of carbonyl (C=O) groups is 3. The molecule has 0 bridgehead atoms. The first kappa shape index (κ1) is 16.4. The number of amides is 2. The van der Waals surface area contributed by atoms with Crippen LogP contribution in [0.5, 0.6) is 0 Å². The van der Waals surface area contributed by atoms with Crippen LogP contribution in [0.4, 0.5) is 10.1 Å². The second kappa shape index (κ2) is 6.22. The van der Waals surface area contributed by atoms with Gasteiger partial charge in [0.15, 0.2) is 0 Å². The molecule has 3 rings (SSSR count). The van der Waals surface area contributed by atoms with Gasteiger partial charge in [-0.05, 0) is 36.5 Å². The molecule has 1 aromatic rings. The molecule has 0 spiro atoms. The summed E-state index contributed by atoms with van der Waals surface area (Å²) in [5.74, 6) is -2.77. The maximum absolute atomic E-state index is 14.3. The summed E-state index contributed by atoms with van der Waals surface area (Å²) in [6.45, 7) is 2.38.